The molecule has 0 unspecified atom stereocenters. The number of benzene rings is 1. The second-order valence-electron chi connectivity index (χ2n) is 4.19. The maximum Gasteiger partial charge on any atom is 0.119 e. The van der Waals surface area contributed by atoms with E-state index in [4.69, 9.17) is 10.5 Å². The molecule has 0 radical (unpaired) electrons. The van der Waals surface area contributed by atoms with E-state index >= 15 is 0 Å². The van der Waals surface area contributed by atoms with E-state index in [9.17, 15) is 0 Å². The molecular formula is C12H17NO. The lowest BCUT2D eigenvalue weighted by Gasteiger charge is -2.33. The Morgan fingerprint density at radius 3 is 2.50 bits per heavy atom. The monoisotopic (exact) mass is 191 g/mol. The van der Waals surface area contributed by atoms with Crippen molar-refractivity contribution >= 4 is 5.69 Å². The maximum absolute atomic E-state index is 5.68. The topological polar surface area (TPSA) is 35.2 Å². The molecule has 2 N–H and O–H groups in total. The molecule has 1 saturated carbocycles. The summed E-state index contributed by atoms with van der Waals surface area (Å²) in [6.07, 6.45) is 2.67. The van der Waals surface area contributed by atoms with Crippen LogP contribution in [0.5, 0.6) is 5.75 Å². The van der Waals surface area contributed by atoms with Gasteiger partial charge in [0.1, 0.15) is 5.75 Å². The first-order valence-corrected chi connectivity index (χ1v) is 5.24. The summed E-state index contributed by atoms with van der Waals surface area (Å²) in [5.41, 5.74) is 6.37. The number of ether oxygens (including phenoxy) is 1. The molecule has 1 aliphatic carbocycles. The van der Waals surface area contributed by atoms with Gasteiger partial charge in [0.15, 0.2) is 0 Å². The molecule has 1 fully saturated rings. The fourth-order valence-corrected chi connectivity index (χ4v) is 1.75. The van der Waals surface area contributed by atoms with Gasteiger partial charge in [0.25, 0.3) is 0 Å². The lowest BCUT2D eigenvalue weighted by Crippen LogP contribution is -2.28. The average Bonchev–Trinajstić information content (AvgIpc) is 2.19. The first-order valence-electron chi connectivity index (χ1n) is 5.24. The minimum Gasteiger partial charge on any atom is -0.493 e. The Morgan fingerprint density at radius 1 is 1.29 bits per heavy atom. The zero-order valence-electron chi connectivity index (χ0n) is 8.57. The molecule has 0 saturated heterocycles. The normalized spacial score (nSPS) is 25.5. The smallest absolute Gasteiger partial charge is 0.119 e. The summed E-state index contributed by atoms with van der Waals surface area (Å²) in [5, 5.41) is 0. The van der Waals surface area contributed by atoms with E-state index in [1.165, 1.54) is 12.8 Å². The van der Waals surface area contributed by atoms with Crippen LogP contribution in [0.1, 0.15) is 19.8 Å². The lowest BCUT2D eigenvalue weighted by atomic mass is 9.75. The number of anilines is 1. The number of nitrogen functional groups attached to an aromatic ring is 1. The molecule has 0 aliphatic heterocycles. The van der Waals surface area contributed by atoms with Gasteiger partial charge in [-0.3, -0.25) is 0 Å². The van der Waals surface area contributed by atoms with Crippen molar-refractivity contribution in [1.29, 1.82) is 0 Å². The van der Waals surface area contributed by atoms with Crippen LogP contribution in [0.15, 0.2) is 24.3 Å². The van der Waals surface area contributed by atoms with Crippen molar-refractivity contribution in [1.82, 2.24) is 0 Å². The molecule has 0 spiro atoms. The van der Waals surface area contributed by atoms with Crippen molar-refractivity contribution in [3.8, 4) is 5.75 Å². The second kappa shape index (κ2) is 3.91. The van der Waals surface area contributed by atoms with Gasteiger partial charge in [0, 0.05) is 5.69 Å². The van der Waals surface area contributed by atoms with Gasteiger partial charge in [-0.1, -0.05) is 6.92 Å². The average molecular weight is 191 g/mol. The van der Waals surface area contributed by atoms with Crippen LogP contribution < -0.4 is 10.5 Å². The van der Waals surface area contributed by atoms with Crippen molar-refractivity contribution in [2.24, 2.45) is 11.8 Å². The Bertz CT molecular complexity index is 294. The highest BCUT2D eigenvalue weighted by atomic mass is 16.5. The van der Waals surface area contributed by atoms with Crippen molar-refractivity contribution in [3.05, 3.63) is 24.3 Å². The van der Waals surface area contributed by atoms with Crippen molar-refractivity contribution in [2.75, 3.05) is 12.3 Å². The third-order valence-electron chi connectivity index (χ3n) is 3.14. The number of hydrogen-bond acceptors (Lipinski definition) is 2. The van der Waals surface area contributed by atoms with E-state index < -0.39 is 0 Å². The van der Waals surface area contributed by atoms with E-state index in [-0.39, 0.29) is 0 Å². The molecule has 2 rings (SSSR count). The molecule has 0 heterocycles. The van der Waals surface area contributed by atoms with Crippen LogP contribution in [0.25, 0.3) is 0 Å². The summed E-state index contributed by atoms with van der Waals surface area (Å²) >= 11 is 0. The Kier molecular flexibility index (Phi) is 2.62. The van der Waals surface area contributed by atoms with Crippen LogP contribution in [0.2, 0.25) is 0 Å². The molecule has 0 bridgehead atoms. The fourth-order valence-electron chi connectivity index (χ4n) is 1.75. The SMILES string of the molecule is C[C@H]1CC[C@H]1COc1ccc(N)cc1. The number of nitrogens with two attached hydrogens (primary N) is 1. The second-order valence-corrected chi connectivity index (χ2v) is 4.19. The van der Waals surface area contributed by atoms with E-state index in [1.54, 1.807) is 0 Å². The standard InChI is InChI=1S/C12H17NO/c1-9-2-3-10(9)8-14-12-6-4-11(13)5-7-12/h4-7,9-10H,2-3,8,13H2,1H3/t9-,10-/m0/s1. The quantitative estimate of drug-likeness (QED) is 0.745. The maximum atomic E-state index is 5.68. The van der Waals surface area contributed by atoms with Crippen LogP contribution in [0.4, 0.5) is 5.69 Å². The summed E-state index contributed by atoms with van der Waals surface area (Å²) in [4.78, 5) is 0. The molecule has 2 heteroatoms. The lowest BCUT2D eigenvalue weighted by molar-refractivity contribution is 0.116. The van der Waals surface area contributed by atoms with Gasteiger partial charge in [-0.25, -0.2) is 0 Å². The van der Waals surface area contributed by atoms with E-state index in [2.05, 4.69) is 6.92 Å². The largest absolute Gasteiger partial charge is 0.493 e. The minimum atomic E-state index is 0.757. The zero-order valence-corrected chi connectivity index (χ0v) is 8.57. The first kappa shape index (κ1) is 9.38. The summed E-state index contributed by atoms with van der Waals surface area (Å²) in [5.74, 6) is 2.52. The predicted octanol–water partition coefficient (Wildman–Crippen LogP) is 2.69. The number of rotatable bonds is 3. The molecule has 2 atom stereocenters. The molecule has 1 aromatic carbocycles. The Balaban J connectivity index is 1.83. The van der Waals surface area contributed by atoms with Crippen molar-refractivity contribution in [2.45, 2.75) is 19.8 Å². The van der Waals surface area contributed by atoms with Crippen LogP contribution in [0.3, 0.4) is 0 Å². The highest BCUT2D eigenvalue weighted by molar-refractivity contribution is 5.41. The molecule has 1 aliphatic rings. The molecule has 2 nitrogen and oxygen atoms in total. The van der Waals surface area contributed by atoms with Gasteiger partial charge in [-0.2, -0.15) is 0 Å². The summed E-state index contributed by atoms with van der Waals surface area (Å²) in [6, 6.07) is 7.61. The Labute approximate surface area is 85.1 Å². The fraction of sp³-hybridized carbons (Fsp3) is 0.500. The van der Waals surface area contributed by atoms with Gasteiger partial charge < -0.3 is 10.5 Å². The van der Waals surface area contributed by atoms with E-state index in [0.717, 1.165) is 29.9 Å². The van der Waals surface area contributed by atoms with Crippen molar-refractivity contribution in [3.63, 3.8) is 0 Å². The zero-order chi connectivity index (χ0) is 9.97. The van der Waals surface area contributed by atoms with Gasteiger partial charge in [0.05, 0.1) is 6.61 Å². The highest BCUT2D eigenvalue weighted by Crippen LogP contribution is 2.33. The van der Waals surface area contributed by atoms with E-state index in [1.807, 2.05) is 24.3 Å². The summed E-state index contributed by atoms with van der Waals surface area (Å²) < 4.78 is 5.68. The van der Waals surface area contributed by atoms with Crippen LogP contribution >= 0.6 is 0 Å². The third kappa shape index (κ3) is 2.00. The molecule has 14 heavy (non-hydrogen) atoms. The molecule has 0 aromatic heterocycles. The van der Waals surface area contributed by atoms with Crippen LogP contribution in [0, 0.1) is 11.8 Å². The predicted molar refractivity (Wildman–Crippen MR) is 58.2 cm³/mol. The first-order chi connectivity index (χ1) is 6.75. The summed E-state index contributed by atoms with van der Waals surface area (Å²) in [7, 11) is 0. The van der Waals surface area contributed by atoms with Gasteiger partial charge in [-0.15, -0.1) is 0 Å². The molecule has 76 valence electrons. The Morgan fingerprint density at radius 2 is 2.00 bits per heavy atom. The van der Waals surface area contributed by atoms with Crippen LogP contribution in [-0.4, -0.2) is 6.61 Å². The van der Waals surface area contributed by atoms with Crippen LogP contribution in [-0.2, 0) is 0 Å². The van der Waals surface area contributed by atoms with Gasteiger partial charge in [0.2, 0.25) is 0 Å². The van der Waals surface area contributed by atoms with E-state index in [0.29, 0.717) is 0 Å². The van der Waals surface area contributed by atoms with Crippen molar-refractivity contribution < 1.29 is 4.74 Å². The molecule has 1 aromatic rings. The summed E-state index contributed by atoms with van der Waals surface area (Å²) in [6.45, 7) is 3.14. The number of hydrogen-bond donors (Lipinski definition) is 1. The molecule has 0 amide bonds. The Hall–Kier alpha value is -1.18. The molecular weight excluding hydrogens is 174 g/mol. The van der Waals surface area contributed by atoms with Gasteiger partial charge in [-0.05, 0) is 48.9 Å². The van der Waals surface area contributed by atoms with Gasteiger partial charge >= 0.3 is 0 Å². The minimum absolute atomic E-state index is 0.757. The highest BCUT2D eigenvalue weighted by Gasteiger charge is 2.26. The third-order valence-corrected chi connectivity index (χ3v) is 3.14.